The third-order valence-corrected chi connectivity index (χ3v) is 8.13. The first-order valence-corrected chi connectivity index (χ1v) is 13.9. The molecular weight excluding hydrogens is 511 g/mol. The lowest BCUT2D eigenvalue weighted by molar-refractivity contribution is -0.137. The smallest absolute Gasteiger partial charge is 0.417 e. The van der Waals surface area contributed by atoms with Gasteiger partial charge in [-0.1, -0.05) is 29.5 Å². The number of sulfone groups is 1. The van der Waals surface area contributed by atoms with Crippen LogP contribution < -0.4 is 9.64 Å². The summed E-state index contributed by atoms with van der Waals surface area (Å²) < 4.78 is 68.8. The quantitative estimate of drug-likeness (QED) is 0.322. The molecule has 0 atom stereocenters. The summed E-state index contributed by atoms with van der Waals surface area (Å²) in [7, 11) is -3.25. The number of benzene rings is 2. The number of halogens is 3. The van der Waals surface area contributed by atoms with Crippen molar-refractivity contribution in [2.75, 3.05) is 24.2 Å². The van der Waals surface area contributed by atoms with E-state index >= 15 is 0 Å². The summed E-state index contributed by atoms with van der Waals surface area (Å²) >= 11 is 1.45. The van der Waals surface area contributed by atoms with E-state index in [9.17, 15) is 21.6 Å². The number of anilines is 1. The van der Waals surface area contributed by atoms with Crippen molar-refractivity contribution in [1.82, 2.24) is 9.97 Å². The molecule has 0 spiro atoms. The van der Waals surface area contributed by atoms with Crippen molar-refractivity contribution in [1.29, 1.82) is 0 Å². The van der Waals surface area contributed by atoms with Gasteiger partial charge in [0.2, 0.25) is 0 Å². The van der Waals surface area contributed by atoms with Gasteiger partial charge in [-0.2, -0.15) is 13.2 Å². The number of ether oxygens (including phenoxy) is 1. The summed E-state index contributed by atoms with van der Waals surface area (Å²) in [5.74, 6) is 0.526. The van der Waals surface area contributed by atoms with Gasteiger partial charge in [0.05, 0.1) is 20.7 Å². The minimum atomic E-state index is -4.40. The number of rotatable bonds is 5. The van der Waals surface area contributed by atoms with Crippen LogP contribution in [-0.4, -0.2) is 43.8 Å². The summed E-state index contributed by atoms with van der Waals surface area (Å²) in [4.78, 5) is 10.8. The van der Waals surface area contributed by atoms with Crippen LogP contribution >= 0.6 is 11.3 Å². The standard InChI is InChI=1S/C25H22F3N3O3S2/c1-36(32,33)20-6-2-16(3-7-20)17-4-8-21-22(14-17)35-24(30-21)34-19-10-12-31(13-11-19)23-9-5-18(15-29-23)25(26,27)28/h2-9,14-15,19H,10-13H2,1H3. The zero-order valence-corrected chi connectivity index (χ0v) is 20.8. The number of fused-ring (bicyclic) bond motifs is 1. The first-order chi connectivity index (χ1) is 17.1. The third-order valence-electron chi connectivity index (χ3n) is 6.09. The van der Waals surface area contributed by atoms with E-state index in [2.05, 4.69) is 9.97 Å². The molecule has 6 nitrogen and oxygen atoms in total. The number of hydrogen-bond acceptors (Lipinski definition) is 7. The average Bonchev–Trinajstić information content (AvgIpc) is 3.25. The van der Waals surface area contributed by atoms with E-state index in [0.717, 1.165) is 33.6 Å². The number of aromatic nitrogens is 2. The third kappa shape index (κ3) is 5.31. The van der Waals surface area contributed by atoms with E-state index in [4.69, 9.17) is 4.74 Å². The number of pyridine rings is 1. The maximum Gasteiger partial charge on any atom is 0.417 e. The van der Waals surface area contributed by atoms with Crippen LogP contribution in [0.1, 0.15) is 18.4 Å². The Morgan fingerprint density at radius 2 is 1.69 bits per heavy atom. The molecule has 2 aromatic heterocycles. The maximum absolute atomic E-state index is 12.8. The molecule has 11 heteroatoms. The molecule has 3 heterocycles. The molecule has 0 unspecified atom stereocenters. The van der Waals surface area contributed by atoms with Crippen molar-refractivity contribution < 1.29 is 26.3 Å². The predicted octanol–water partition coefficient (Wildman–Crippen LogP) is 5.83. The minimum absolute atomic E-state index is 0.0423. The van der Waals surface area contributed by atoms with Crippen LogP contribution in [0.4, 0.5) is 19.0 Å². The molecule has 1 fully saturated rings. The van der Waals surface area contributed by atoms with Gasteiger partial charge in [0.25, 0.3) is 5.19 Å². The van der Waals surface area contributed by atoms with Crippen molar-refractivity contribution in [3.8, 4) is 16.3 Å². The Hall–Kier alpha value is -3.18. The lowest BCUT2D eigenvalue weighted by atomic mass is 10.1. The number of nitrogens with zero attached hydrogens (tertiary/aromatic N) is 3. The fourth-order valence-electron chi connectivity index (χ4n) is 4.11. The fourth-order valence-corrected chi connectivity index (χ4v) is 5.67. The van der Waals surface area contributed by atoms with Gasteiger partial charge in [0.15, 0.2) is 9.84 Å². The Bertz CT molecular complexity index is 1480. The van der Waals surface area contributed by atoms with Gasteiger partial charge in [-0.25, -0.2) is 18.4 Å². The minimum Gasteiger partial charge on any atom is -0.467 e. The zero-order chi connectivity index (χ0) is 25.5. The van der Waals surface area contributed by atoms with Crippen molar-refractivity contribution in [2.24, 2.45) is 0 Å². The highest BCUT2D eigenvalue weighted by atomic mass is 32.2. The zero-order valence-electron chi connectivity index (χ0n) is 19.2. The fraction of sp³-hybridized carbons (Fsp3) is 0.280. The van der Waals surface area contributed by atoms with Gasteiger partial charge in [-0.15, -0.1) is 0 Å². The highest BCUT2D eigenvalue weighted by Gasteiger charge is 2.31. The normalized spacial score (nSPS) is 15.4. The van der Waals surface area contributed by atoms with Crippen molar-refractivity contribution in [3.05, 3.63) is 66.4 Å². The molecule has 0 aliphatic carbocycles. The Morgan fingerprint density at radius 3 is 2.31 bits per heavy atom. The summed E-state index contributed by atoms with van der Waals surface area (Å²) in [6, 6.07) is 15.1. The molecule has 0 amide bonds. The summed E-state index contributed by atoms with van der Waals surface area (Å²) in [5, 5.41) is 0.570. The first kappa shape index (κ1) is 24.5. The van der Waals surface area contributed by atoms with Crippen molar-refractivity contribution in [2.45, 2.75) is 30.0 Å². The Balaban J connectivity index is 1.23. The van der Waals surface area contributed by atoms with Gasteiger partial charge >= 0.3 is 6.18 Å². The van der Waals surface area contributed by atoms with Crippen LogP contribution in [0.25, 0.3) is 21.3 Å². The molecular formula is C25H22F3N3O3S2. The maximum atomic E-state index is 12.8. The molecule has 0 N–H and O–H groups in total. The molecule has 0 bridgehead atoms. The van der Waals surface area contributed by atoms with Gasteiger partial charge in [0, 0.05) is 38.4 Å². The topological polar surface area (TPSA) is 72.4 Å². The Labute approximate surface area is 210 Å². The summed E-state index contributed by atoms with van der Waals surface area (Å²) in [6.45, 7) is 1.25. The summed E-state index contributed by atoms with van der Waals surface area (Å²) in [6.07, 6.45) is -0.977. The molecule has 5 rings (SSSR count). The highest BCUT2D eigenvalue weighted by molar-refractivity contribution is 7.90. The second-order valence-corrected chi connectivity index (χ2v) is 11.7. The van der Waals surface area contributed by atoms with Crippen molar-refractivity contribution in [3.63, 3.8) is 0 Å². The first-order valence-electron chi connectivity index (χ1n) is 11.2. The predicted molar refractivity (Wildman–Crippen MR) is 133 cm³/mol. The van der Waals surface area contributed by atoms with Gasteiger partial charge in [-0.3, -0.25) is 0 Å². The second kappa shape index (κ2) is 9.36. The Kier molecular flexibility index (Phi) is 6.37. The summed E-state index contributed by atoms with van der Waals surface area (Å²) in [5.41, 5.74) is 1.92. The lowest BCUT2D eigenvalue weighted by Crippen LogP contribution is -2.38. The van der Waals surface area contributed by atoms with E-state index in [1.54, 1.807) is 24.3 Å². The van der Waals surface area contributed by atoms with Crippen LogP contribution in [0, 0.1) is 0 Å². The molecule has 0 radical (unpaired) electrons. The average molecular weight is 534 g/mol. The van der Waals surface area contributed by atoms with E-state index < -0.39 is 21.6 Å². The van der Waals surface area contributed by atoms with Crippen LogP contribution in [0.2, 0.25) is 0 Å². The molecule has 188 valence electrons. The number of hydrogen-bond donors (Lipinski definition) is 0. The van der Waals surface area contributed by atoms with E-state index in [0.29, 0.717) is 36.9 Å². The number of thiazole rings is 1. The van der Waals surface area contributed by atoms with Gasteiger partial charge in [-0.05, 0) is 47.5 Å². The van der Waals surface area contributed by atoms with E-state index in [1.165, 1.54) is 23.7 Å². The van der Waals surface area contributed by atoms with Gasteiger partial charge < -0.3 is 9.64 Å². The van der Waals surface area contributed by atoms with Gasteiger partial charge in [0.1, 0.15) is 11.9 Å². The largest absolute Gasteiger partial charge is 0.467 e. The molecule has 0 saturated carbocycles. The molecule has 2 aromatic carbocycles. The van der Waals surface area contributed by atoms with Crippen LogP contribution in [-0.2, 0) is 16.0 Å². The monoisotopic (exact) mass is 533 g/mol. The lowest BCUT2D eigenvalue weighted by Gasteiger charge is -2.32. The molecule has 36 heavy (non-hydrogen) atoms. The highest BCUT2D eigenvalue weighted by Crippen LogP contribution is 2.34. The van der Waals surface area contributed by atoms with Crippen LogP contribution in [0.5, 0.6) is 5.19 Å². The number of piperidine rings is 1. The molecule has 1 aliphatic heterocycles. The van der Waals surface area contributed by atoms with Crippen LogP contribution in [0.15, 0.2) is 65.7 Å². The van der Waals surface area contributed by atoms with E-state index in [-0.39, 0.29) is 11.0 Å². The van der Waals surface area contributed by atoms with Crippen molar-refractivity contribution >= 4 is 37.2 Å². The second-order valence-electron chi connectivity index (χ2n) is 8.67. The SMILES string of the molecule is CS(=O)(=O)c1ccc(-c2ccc3nc(OC4CCN(c5ccc(C(F)(F)F)cn5)CC4)sc3c2)cc1. The molecule has 1 aliphatic rings. The number of alkyl halides is 3. The molecule has 1 saturated heterocycles. The van der Waals surface area contributed by atoms with Crippen LogP contribution in [0.3, 0.4) is 0 Å². The van der Waals surface area contributed by atoms with E-state index in [1.807, 2.05) is 23.1 Å². The molecule has 4 aromatic rings. The Morgan fingerprint density at radius 1 is 1.00 bits per heavy atom.